The summed E-state index contributed by atoms with van der Waals surface area (Å²) in [6.45, 7) is 5.33. The maximum atomic E-state index is 11.9. The molecule has 1 aromatic carbocycles. The van der Waals surface area contributed by atoms with Crippen LogP contribution in [0.15, 0.2) is 29.3 Å². The molecule has 1 aliphatic rings. The summed E-state index contributed by atoms with van der Waals surface area (Å²) in [5.41, 5.74) is 4.85. The van der Waals surface area contributed by atoms with Crippen molar-refractivity contribution in [3.8, 4) is 5.75 Å². The minimum atomic E-state index is -0.0576. The molecule has 3 rings (SSSR count). The summed E-state index contributed by atoms with van der Waals surface area (Å²) in [5.74, 6) is 1.47. The van der Waals surface area contributed by atoms with Crippen LogP contribution in [-0.4, -0.2) is 47.1 Å². The minimum Gasteiger partial charge on any atom is -0.493 e. The van der Waals surface area contributed by atoms with E-state index in [0.29, 0.717) is 13.2 Å². The summed E-state index contributed by atoms with van der Waals surface area (Å²) in [6, 6.07) is 5.86. The molecule has 0 aliphatic carbocycles. The Hall–Kier alpha value is -3.09. The minimum absolute atomic E-state index is 0.0576. The number of amides is 1. The van der Waals surface area contributed by atoms with Crippen molar-refractivity contribution in [2.24, 2.45) is 12.0 Å². The molecular weight excluding hydrogens is 366 g/mol. The van der Waals surface area contributed by atoms with E-state index in [1.54, 1.807) is 20.2 Å². The van der Waals surface area contributed by atoms with E-state index >= 15 is 0 Å². The van der Waals surface area contributed by atoms with Gasteiger partial charge in [0, 0.05) is 27.2 Å². The highest BCUT2D eigenvalue weighted by Gasteiger charge is 2.22. The van der Waals surface area contributed by atoms with Crippen LogP contribution in [0.25, 0.3) is 6.08 Å². The summed E-state index contributed by atoms with van der Waals surface area (Å²) < 4.78 is 7.74. The third-order valence-corrected chi connectivity index (χ3v) is 4.76. The van der Waals surface area contributed by atoms with E-state index < -0.39 is 0 Å². The number of rotatable bonds is 7. The van der Waals surface area contributed by atoms with Crippen molar-refractivity contribution in [3.63, 3.8) is 0 Å². The first-order valence-corrected chi connectivity index (χ1v) is 9.98. The van der Waals surface area contributed by atoms with Gasteiger partial charge in [-0.3, -0.25) is 9.48 Å². The quantitative estimate of drug-likeness (QED) is 0.732. The SMILES string of the molecule is CCCc1nn(C)c2c1N=C(c1cc(/C=C/C(=O)N(C)C)ccc1OCC)NC2. The lowest BCUT2D eigenvalue weighted by Crippen LogP contribution is -2.28. The van der Waals surface area contributed by atoms with Crippen molar-refractivity contribution >= 4 is 23.5 Å². The standard InChI is InChI=1S/C22H29N5O2/c1-6-8-17-21-18(27(5)25-17)14-23-22(24-21)16-13-15(9-11-19(16)29-7-2)10-12-20(28)26(3)4/h9-13H,6-8,14H2,1-5H3,(H,23,24)/b12-10+. The summed E-state index contributed by atoms with van der Waals surface area (Å²) in [4.78, 5) is 18.3. The van der Waals surface area contributed by atoms with Crippen molar-refractivity contribution in [3.05, 3.63) is 46.8 Å². The van der Waals surface area contributed by atoms with Crippen molar-refractivity contribution < 1.29 is 9.53 Å². The van der Waals surface area contributed by atoms with E-state index in [1.807, 2.05) is 42.9 Å². The highest BCUT2D eigenvalue weighted by molar-refractivity contribution is 6.04. The van der Waals surface area contributed by atoms with E-state index in [0.717, 1.165) is 52.6 Å². The second-order valence-electron chi connectivity index (χ2n) is 7.18. The van der Waals surface area contributed by atoms with E-state index in [9.17, 15) is 4.79 Å². The molecule has 1 aromatic heterocycles. The van der Waals surface area contributed by atoms with Crippen LogP contribution >= 0.6 is 0 Å². The van der Waals surface area contributed by atoms with Crippen molar-refractivity contribution in [1.82, 2.24) is 20.0 Å². The molecule has 0 unspecified atom stereocenters. The molecule has 0 bridgehead atoms. The van der Waals surface area contributed by atoms with Gasteiger partial charge in [-0.05, 0) is 37.1 Å². The number of carbonyl (C=O) groups excluding carboxylic acids is 1. The van der Waals surface area contributed by atoms with E-state index in [1.165, 1.54) is 4.90 Å². The Morgan fingerprint density at radius 2 is 2.14 bits per heavy atom. The van der Waals surface area contributed by atoms with E-state index in [2.05, 4.69) is 17.3 Å². The van der Waals surface area contributed by atoms with Gasteiger partial charge in [-0.1, -0.05) is 19.4 Å². The smallest absolute Gasteiger partial charge is 0.246 e. The fraction of sp³-hybridized carbons (Fsp3) is 0.409. The highest BCUT2D eigenvalue weighted by atomic mass is 16.5. The third kappa shape index (κ3) is 4.50. The molecule has 7 heteroatoms. The number of hydrogen-bond donors (Lipinski definition) is 1. The first-order valence-electron chi connectivity index (χ1n) is 9.98. The average Bonchev–Trinajstić information content (AvgIpc) is 3.02. The monoisotopic (exact) mass is 395 g/mol. The fourth-order valence-electron chi connectivity index (χ4n) is 3.25. The van der Waals surface area contributed by atoms with Crippen LogP contribution in [0.3, 0.4) is 0 Å². The molecule has 2 aromatic rings. The lowest BCUT2D eigenvalue weighted by atomic mass is 10.1. The lowest BCUT2D eigenvalue weighted by Gasteiger charge is -2.19. The van der Waals surface area contributed by atoms with Gasteiger partial charge in [-0.25, -0.2) is 4.99 Å². The predicted molar refractivity (Wildman–Crippen MR) is 116 cm³/mol. The van der Waals surface area contributed by atoms with Crippen LogP contribution in [0.5, 0.6) is 5.75 Å². The Balaban J connectivity index is 2.02. The zero-order valence-corrected chi connectivity index (χ0v) is 17.8. The number of nitrogens with one attached hydrogen (secondary N) is 1. The van der Waals surface area contributed by atoms with Gasteiger partial charge in [-0.2, -0.15) is 5.10 Å². The number of carbonyl (C=O) groups is 1. The van der Waals surface area contributed by atoms with Gasteiger partial charge in [0.2, 0.25) is 5.91 Å². The molecule has 1 N–H and O–H groups in total. The number of aromatic nitrogens is 2. The van der Waals surface area contributed by atoms with Gasteiger partial charge in [-0.15, -0.1) is 0 Å². The van der Waals surface area contributed by atoms with Gasteiger partial charge >= 0.3 is 0 Å². The van der Waals surface area contributed by atoms with E-state index in [-0.39, 0.29) is 5.91 Å². The number of aryl methyl sites for hydroxylation is 2. The maximum absolute atomic E-state index is 11.9. The Labute approximate surface area is 172 Å². The van der Waals surface area contributed by atoms with Crippen LogP contribution < -0.4 is 10.1 Å². The Morgan fingerprint density at radius 1 is 1.34 bits per heavy atom. The van der Waals surface area contributed by atoms with Crippen LogP contribution in [0.4, 0.5) is 5.69 Å². The number of ether oxygens (including phenoxy) is 1. The highest BCUT2D eigenvalue weighted by Crippen LogP contribution is 2.31. The number of nitrogens with zero attached hydrogens (tertiary/aromatic N) is 4. The number of benzene rings is 1. The van der Waals surface area contributed by atoms with Crippen molar-refractivity contribution in [1.29, 1.82) is 0 Å². The average molecular weight is 396 g/mol. The molecule has 1 aliphatic heterocycles. The summed E-state index contributed by atoms with van der Waals surface area (Å²) in [5, 5.41) is 8.04. The summed E-state index contributed by atoms with van der Waals surface area (Å²) >= 11 is 0. The van der Waals surface area contributed by atoms with Gasteiger partial charge in [0.05, 0.1) is 30.1 Å². The zero-order chi connectivity index (χ0) is 21.0. The predicted octanol–water partition coefficient (Wildman–Crippen LogP) is 3.05. The number of hydrogen-bond acceptors (Lipinski definition) is 5. The largest absolute Gasteiger partial charge is 0.493 e. The Kier molecular flexibility index (Phi) is 6.36. The van der Waals surface area contributed by atoms with Gasteiger partial charge in [0.25, 0.3) is 0 Å². The van der Waals surface area contributed by atoms with Crippen molar-refractivity contribution in [2.45, 2.75) is 33.2 Å². The number of likely N-dealkylation sites (N-methyl/N-ethyl adjacent to an activating group) is 1. The molecule has 7 nitrogen and oxygen atoms in total. The molecule has 0 saturated heterocycles. The number of fused-ring (bicyclic) bond motifs is 1. The Morgan fingerprint density at radius 3 is 2.83 bits per heavy atom. The van der Waals surface area contributed by atoms with E-state index in [4.69, 9.17) is 9.73 Å². The number of amidine groups is 1. The van der Waals surface area contributed by atoms with Crippen LogP contribution in [-0.2, 0) is 24.8 Å². The first-order chi connectivity index (χ1) is 13.9. The van der Waals surface area contributed by atoms with Crippen LogP contribution in [0.2, 0.25) is 0 Å². The zero-order valence-electron chi connectivity index (χ0n) is 17.8. The first kappa shape index (κ1) is 20.6. The number of aliphatic imine (C=N–C) groups is 1. The van der Waals surface area contributed by atoms with Gasteiger partial charge < -0.3 is 15.0 Å². The molecule has 0 atom stereocenters. The van der Waals surface area contributed by atoms with Crippen molar-refractivity contribution in [2.75, 3.05) is 20.7 Å². The van der Waals surface area contributed by atoms with Gasteiger partial charge in [0.1, 0.15) is 17.3 Å². The normalized spacial score (nSPS) is 13.1. The Bertz CT molecular complexity index is 956. The second-order valence-corrected chi connectivity index (χ2v) is 7.18. The molecule has 2 heterocycles. The van der Waals surface area contributed by atoms with Gasteiger partial charge in [0.15, 0.2) is 0 Å². The molecule has 0 fully saturated rings. The molecular formula is C22H29N5O2. The lowest BCUT2D eigenvalue weighted by molar-refractivity contribution is -0.123. The summed E-state index contributed by atoms with van der Waals surface area (Å²) in [7, 11) is 5.42. The fourth-order valence-corrected chi connectivity index (χ4v) is 3.25. The maximum Gasteiger partial charge on any atom is 0.246 e. The second kappa shape index (κ2) is 8.94. The molecule has 0 spiro atoms. The molecule has 154 valence electrons. The molecule has 1 amide bonds. The molecule has 29 heavy (non-hydrogen) atoms. The van der Waals surface area contributed by atoms with Crippen LogP contribution in [0.1, 0.15) is 42.8 Å². The molecule has 0 radical (unpaired) electrons. The van der Waals surface area contributed by atoms with Crippen LogP contribution in [0, 0.1) is 0 Å². The molecule has 0 saturated carbocycles. The topological polar surface area (TPSA) is 71.8 Å². The third-order valence-electron chi connectivity index (χ3n) is 4.76. The summed E-state index contributed by atoms with van der Waals surface area (Å²) in [6.07, 6.45) is 5.29.